The number of hydrogen-bond acceptors (Lipinski definition) is 5. The third-order valence-electron chi connectivity index (χ3n) is 15.9. The zero-order valence-electron chi connectivity index (χ0n) is 51.3. The highest BCUT2D eigenvalue weighted by atomic mass is 16.5. The van der Waals surface area contributed by atoms with E-state index in [2.05, 4.69) is 55.6 Å². The lowest BCUT2D eigenvalue weighted by Crippen LogP contribution is -2.45. The summed E-state index contributed by atoms with van der Waals surface area (Å²) < 4.78 is 5.46. The van der Waals surface area contributed by atoms with E-state index < -0.39 is 12.1 Å². The number of nitrogens with one attached hydrogen (secondary N) is 1. The first-order chi connectivity index (χ1) is 37.5. The van der Waals surface area contributed by atoms with Crippen LogP contribution in [0, 0.1) is 0 Å². The lowest BCUT2D eigenvalue weighted by Gasteiger charge is -2.22. The van der Waals surface area contributed by atoms with Gasteiger partial charge in [0.15, 0.2) is 0 Å². The molecule has 0 saturated carbocycles. The summed E-state index contributed by atoms with van der Waals surface area (Å²) in [6.07, 6.45) is 83.2. The third-order valence-corrected chi connectivity index (χ3v) is 15.9. The summed E-state index contributed by atoms with van der Waals surface area (Å²) >= 11 is 0. The van der Waals surface area contributed by atoms with E-state index in [1.807, 2.05) is 0 Å². The van der Waals surface area contributed by atoms with Gasteiger partial charge in [-0.3, -0.25) is 9.59 Å². The number of ether oxygens (including phenoxy) is 1. The van der Waals surface area contributed by atoms with Crippen LogP contribution in [0.2, 0.25) is 0 Å². The Kier molecular flexibility index (Phi) is 63.9. The van der Waals surface area contributed by atoms with Gasteiger partial charge in [-0.05, 0) is 83.5 Å². The van der Waals surface area contributed by atoms with Crippen molar-refractivity contribution >= 4 is 11.9 Å². The highest BCUT2D eigenvalue weighted by molar-refractivity contribution is 5.76. The molecule has 6 heteroatoms. The predicted molar refractivity (Wildman–Crippen MR) is 333 cm³/mol. The molecule has 0 saturated heterocycles. The second-order valence-electron chi connectivity index (χ2n) is 23.5. The van der Waals surface area contributed by atoms with Gasteiger partial charge in [-0.15, -0.1) is 0 Å². The van der Waals surface area contributed by atoms with Crippen molar-refractivity contribution in [2.75, 3.05) is 13.2 Å². The number of rotatable bonds is 64. The fourth-order valence-corrected chi connectivity index (χ4v) is 10.7. The van der Waals surface area contributed by atoms with Crippen molar-refractivity contribution in [2.45, 2.75) is 386 Å². The van der Waals surface area contributed by atoms with Crippen molar-refractivity contribution < 1.29 is 24.5 Å². The average Bonchev–Trinajstić information content (AvgIpc) is 3.42. The van der Waals surface area contributed by atoms with Crippen molar-refractivity contribution in [3.05, 3.63) is 36.5 Å². The molecule has 0 aliphatic heterocycles. The highest BCUT2D eigenvalue weighted by Gasteiger charge is 2.20. The van der Waals surface area contributed by atoms with Gasteiger partial charge in [-0.25, -0.2) is 0 Å². The number of amides is 1. The van der Waals surface area contributed by atoms with Crippen molar-refractivity contribution in [3.63, 3.8) is 0 Å². The zero-order chi connectivity index (χ0) is 55.0. The molecule has 0 aliphatic carbocycles. The largest absolute Gasteiger partial charge is 0.466 e. The van der Waals surface area contributed by atoms with Crippen molar-refractivity contribution in [1.29, 1.82) is 0 Å². The molecule has 0 spiro atoms. The van der Waals surface area contributed by atoms with E-state index in [1.54, 1.807) is 0 Å². The molecule has 2 unspecified atom stereocenters. The Bertz CT molecular complexity index is 1230. The van der Waals surface area contributed by atoms with Crippen LogP contribution in [0.3, 0.4) is 0 Å². The topological polar surface area (TPSA) is 95.9 Å². The zero-order valence-corrected chi connectivity index (χ0v) is 51.3. The Morgan fingerprint density at radius 2 is 0.658 bits per heavy atom. The molecule has 2 atom stereocenters. The minimum Gasteiger partial charge on any atom is -0.466 e. The summed E-state index contributed by atoms with van der Waals surface area (Å²) in [4.78, 5) is 24.6. The first kappa shape index (κ1) is 74.1. The standard InChI is InChI=1S/C70H133NO5/c1-3-5-7-9-11-13-15-17-19-20-21-22-23-24-25-26-28-31-35-38-42-46-50-54-58-62-68(73)67(66-72)71-69(74)63-59-55-51-47-43-39-36-32-29-27-30-33-37-41-45-49-53-57-61-65-76-70(75)64-60-56-52-48-44-40-34-18-16-14-12-10-8-6-4-2/h18,33-34,37,41,45,67-68,72-73H,3-17,19-32,35-36,38-40,42-44,46-66H2,1-2H3,(H,71,74)/b34-18-,37-33-,45-41-. The van der Waals surface area contributed by atoms with Crippen molar-refractivity contribution in [3.8, 4) is 0 Å². The molecule has 0 heterocycles. The van der Waals surface area contributed by atoms with E-state index in [0.717, 1.165) is 70.6 Å². The fraction of sp³-hybridized carbons (Fsp3) is 0.886. The molecule has 0 rings (SSSR count). The number of unbranched alkanes of at least 4 members (excludes halogenated alkanes) is 48. The smallest absolute Gasteiger partial charge is 0.305 e. The Balaban J connectivity index is 3.46. The summed E-state index contributed by atoms with van der Waals surface area (Å²) in [6.45, 7) is 4.93. The SMILES string of the molecule is CCCCCCCC/C=C\CCCCCCCC(=O)OCCCCC/C=C\C=C/CCCCCCCCCCCCC(=O)NC(CO)C(O)CCCCCCCCCCCCCCCCCCCCCCCCCCC. The van der Waals surface area contributed by atoms with Crippen LogP contribution in [0.1, 0.15) is 373 Å². The summed E-state index contributed by atoms with van der Waals surface area (Å²) in [5.41, 5.74) is 0. The number of aliphatic hydroxyl groups excluding tert-OH is 2. The third kappa shape index (κ3) is 61.3. The number of carbonyl (C=O) groups is 2. The van der Waals surface area contributed by atoms with E-state index in [1.165, 1.54) is 270 Å². The first-order valence-corrected chi connectivity index (χ1v) is 34.3. The molecule has 0 aromatic heterocycles. The molecule has 0 aromatic carbocycles. The Morgan fingerprint density at radius 1 is 0.368 bits per heavy atom. The fourth-order valence-electron chi connectivity index (χ4n) is 10.7. The number of hydrogen-bond donors (Lipinski definition) is 3. The summed E-state index contributed by atoms with van der Waals surface area (Å²) in [7, 11) is 0. The maximum absolute atomic E-state index is 12.5. The molecule has 0 aromatic rings. The maximum atomic E-state index is 12.5. The van der Waals surface area contributed by atoms with Gasteiger partial charge in [0, 0.05) is 12.8 Å². The normalized spacial score (nSPS) is 12.7. The van der Waals surface area contributed by atoms with Gasteiger partial charge in [0.05, 0.1) is 25.4 Å². The molecule has 0 radical (unpaired) electrons. The number of aliphatic hydroxyl groups is 2. The lowest BCUT2D eigenvalue weighted by atomic mass is 10.0. The lowest BCUT2D eigenvalue weighted by molar-refractivity contribution is -0.143. The van der Waals surface area contributed by atoms with Crippen molar-refractivity contribution in [2.24, 2.45) is 0 Å². The second kappa shape index (κ2) is 65.6. The Labute approximate surface area is 474 Å². The number of carbonyl (C=O) groups excluding carboxylic acids is 2. The van der Waals surface area contributed by atoms with Gasteiger partial charge in [0.2, 0.25) is 5.91 Å². The van der Waals surface area contributed by atoms with Gasteiger partial charge >= 0.3 is 5.97 Å². The Hall–Kier alpha value is -1.92. The van der Waals surface area contributed by atoms with Gasteiger partial charge in [0.1, 0.15) is 0 Å². The van der Waals surface area contributed by atoms with Crippen LogP contribution in [0.5, 0.6) is 0 Å². The molecule has 1 amide bonds. The van der Waals surface area contributed by atoms with E-state index >= 15 is 0 Å². The van der Waals surface area contributed by atoms with Crippen LogP contribution < -0.4 is 5.32 Å². The molecule has 76 heavy (non-hydrogen) atoms. The summed E-state index contributed by atoms with van der Waals surface area (Å²) in [6, 6.07) is -0.551. The minimum absolute atomic E-state index is 0.0205. The molecule has 0 fully saturated rings. The van der Waals surface area contributed by atoms with Gasteiger partial charge in [0.25, 0.3) is 0 Å². The van der Waals surface area contributed by atoms with E-state index in [9.17, 15) is 19.8 Å². The molecule has 0 aliphatic rings. The highest BCUT2D eigenvalue weighted by Crippen LogP contribution is 2.18. The first-order valence-electron chi connectivity index (χ1n) is 34.3. The molecule has 0 bridgehead atoms. The van der Waals surface area contributed by atoms with Crippen LogP contribution in [-0.2, 0) is 14.3 Å². The van der Waals surface area contributed by atoms with Gasteiger partial charge in [-0.2, -0.15) is 0 Å². The van der Waals surface area contributed by atoms with Crippen LogP contribution in [-0.4, -0.2) is 47.4 Å². The van der Waals surface area contributed by atoms with Gasteiger partial charge in [-0.1, -0.05) is 314 Å². The van der Waals surface area contributed by atoms with E-state index in [4.69, 9.17) is 4.74 Å². The molecular formula is C70H133NO5. The van der Waals surface area contributed by atoms with Crippen LogP contribution in [0.4, 0.5) is 0 Å². The van der Waals surface area contributed by atoms with Gasteiger partial charge < -0.3 is 20.3 Å². The molecule has 3 N–H and O–H groups in total. The molecule has 6 nitrogen and oxygen atoms in total. The second-order valence-corrected chi connectivity index (χ2v) is 23.5. The van der Waals surface area contributed by atoms with Crippen LogP contribution in [0.25, 0.3) is 0 Å². The van der Waals surface area contributed by atoms with Crippen LogP contribution >= 0.6 is 0 Å². The maximum Gasteiger partial charge on any atom is 0.305 e. The summed E-state index contributed by atoms with van der Waals surface area (Å²) in [5.74, 6) is -0.0617. The quantitative estimate of drug-likeness (QED) is 0.0244. The predicted octanol–water partition coefficient (Wildman–Crippen LogP) is 21.9. The summed E-state index contributed by atoms with van der Waals surface area (Å²) in [5, 5.41) is 23.4. The monoisotopic (exact) mass is 1070 g/mol. The van der Waals surface area contributed by atoms with Crippen molar-refractivity contribution in [1.82, 2.24) is 5.32 Å². The Morgan fingerprint density at radius 3 is 1.01 bits per heavy atom. The number of esters is 1. The molecular weight excluding hydrogens is 935 g/mol. The van der Waals surface area contributed by atoms with E-state index in [0.29, 0.717) is 25.9 Å². The molecule has 448 valence electrons. The minimum atomic E-state index is -0.673. The average molecular weight is 1070 g/mol. The number of allylic oxidation sites excluding steroid dienone is 6. The van der Waals surface area contributed by atoms with Crippen LogP contribution in [0.15, 0.2) is 36.5 Å². The van der Waals surface area contributed by atoms with E-state index in [-0.39, 0.29) is 18.5 Å².